The van der Waals surface area contributed by atoms with Gasteiger partial charge in [0.1, 0.15) is 0 Å². The lowest BCUT2D eigenvalue weighted by Crippen LogP contribution is -2.12. The second kappa shape index (κ2) is 6.40. The second-order valence-electron chi connectivity index (χ2n) is 3.54. The molecule has 0 aliphatic rings. The van der Waals surface area contributed by atoms with Crippen LogP contribution in [-0.4, -0.2) is 20.4 Å². The summed E-state index contributed by atoms with van der Waals surface area (Å²) in [6.07, 6.45) is 1.05. The third-order valence-electron chi connectivity index (χ3n) is 2.37. The molecular formula is C10H15Br3N2. The van der Waals surface area contributed by atoms with Crippen LogP contribution in [0.15, 0.2) is 4.47 Å². The Morgan fingerprint density at radius 2 is 1.93 bits per heavy atom. The van der Waals surface area contributed by atoms with Gasteiger partial charge in [-0.25, -0.2) is 0 Å². The topological polar surface area (TPSA) is 17.8 Å². The molecule has 0 N–H and O–H groups in total. The largest absolute Gasteiger partial charge is 0.268 e. The van der Waals surface area contributed by atoms with Gasteiger partial charge in [-0.2, -0.15) is 5.10 Å². The Hall–Kier alpha value is 0.650. The molecule has 0 aromatic carbocycles. The van der Waals surface area contributed by atoms with Crippen LogP contribution in [0.2, 0.25) is 0 Å². The summed E-state index contributed by atoms with van der Waals surface area (Å²) in [5.41, 5.74) is 2.38. The van der Waals surface area contributed by atoms with Crippen LogP contribution in [0.5, 0.6) is 0 Å². The third-order valence-corrected chi connectivity index (χ3v) is 5.23. The van der Waals surface area contributed by atoms with Crippen LogP contribution in [0, 0.1) is 12.8 Å². The molecule has 0 radical (unpaired) electrons. The van der Waals surface area contributed by atoms with E-state index in [2.05, 4.69) is 64.5 Å². The summed E-state index contributed by atoms with van der Waals surface area (Å²) in [4.78, 5) is 0. The van der Waals surface area contributed by atoms with Crippen LogP contribution in [0.3, 0.4) is 0 Å². The van der Waals surface area contributed by atoms with Crippen LogP contribution in [-0.2, 0) is 13.0 Å². The van der Waals surface area contributed by atoms with Gasteiger partial charge in [0.25, 0.3) is 0 Å². The number of hydrogen-bond donors (Lipinski definition) is 0. The van der Waals surface area contributed by atoms with Gasteiger partial charge in [-0.15, -0.1) is 0 Å². The van der Waals surface area contributed by atoms with Crippen LogP contribution >= 0.6 is 47.8 Å². The van der Waals surface area contributed by atoms with Crippen molar-refractivity contribution in [2.24, 2.45) is 5.92 Å². The molecule has 0 aliphatic heterocycles. The fraction of sp³-hybridized carbons (Fsp3) is 0.700. The molecule has 0 aliphatic carbocycles. The van der Waals surface area contributed by atoms with Crippen LogP contribution < -0.4 is 0 Å². The minimum Gasteiger partial charge on any atom is -0.268 e. The molecule has 1 rings (SSSR count). The summed E-state index contributed by atoms with van der Waals surface area (Å²) in [7, 11) is 0. The molecule has 86 valence electrons. The van der Waals surface area contributed by atoms with E-state index >= 15 is 0 Å². The predicted octanol–water partition coefficient (Wildman–Crippen LogP) is 3.92. The summed E-state index contributed by atoms with van der Waals surface area (Å²) in [5, 5.41) is 6.51. The highest BCUT2D eigenvalue weighted by atomic mass is 79.9. The predicted molar refractivity (Wildman–Crippen MR) is 75.1 cm³/mol. The molecule has 0 spiro atoms. The minimum atomic E-state index is 0.614. The van der Waals surface area contributed by atoms with E-state index in [-0.39, 0.29) is 0 Å². The van der Waals surface area contributed by atoms with Gasteiger partial charge in [0, 0.05) is 17.2 Å². The molecule has 0 atom stereocenters. The summed E-state index contributed by atoms with van der Waals surface area (Å²) < 4.78 is 3.24. The zero-order chi connectivity index (χ0) is 11.4. The third kappa shape index (κ3) is 3.30. The van der Waals surface area contributed by atoms with Crippen molar-refractivity contribution in [2.45, 2.75) is 26.8 Å². The van der Waals surface area contributed by atoms with E-state index in [1.165, 1.54) is 5.69 Å². The molecule has 0 saturated heterocycles. The minimum absolute atomic E-state index is 0.614. The van der Waals surface area contributed by atoms with Gasteiger partial charge in [-0.05, 0) is 42.1 Å². The van der Waals surface area contributed by atoms with Crippen molar-refractivity contribution in [3.8, 4) is 0 Å². The molecule has 0 bridgehead atoms. The Kier molecular flexibility index (Phi) is 5.85. The smallest absolute Gasteiger partial charge is 0.0738 e. The Labute approximate surface area is 116 Å². The average Bonchev–Trinajstić information content (AvgIpc) is 2.52. The molecule has 15 heavy (non-hydrogen) atoms. The fourth-order valence-electron chi connectivity index (χ4n) is 1.49. The maximum atomic E-state index is 4.49. The molecular weight excluding hydrogens is 388 g/mol. The van der Waals surface area contributed by atoms with Crippen LogP contribution in [0.1, 0.15) is 18.3 Å². The first kappa shape index (κ1) is 13.7. The molecule has 0 unspecified atom stereocenters. The summed E-state index contributed by atoms with van der Waals surface area (Å²) in [6.45, 7) is 5.09. The van der Waals surface area contributed by atoms with Gasteiger partial charge >= 0.3 is 0 Å². The second-order valence-corrected chi connectivity index (χ2v) is 5.63. The first-order valence-corrected chi connectivity index (χ1v) is 8.01. The van der Waals surface area contributed by atoms with Crippen molar-refractivity contribution >= 4 is 47.8 Å². The van der Waals surface area contributed by atoms with Crippen molar-refractivity contribution in [3.05, 3.63) is 15.9 Å². The number of aryl methyl sites for hydroxylation is 2. The van der Waals surface area contributed by atoms with Gasteiger partial charge in [0.05, 0.1) is 15.9 Å². The van der Waals surface area contributed by atoms with E-state index in [4.69, 9.17) is 0 Å². The SMILES string of the molecule is CCn1nc(C)c(Br)c1CC(CBr)CBr. The highest BCUT2D eigenvalue weighted by Gasteiger charge is 2.16. The van der Waals surface area contributed by atoms with Crippen molar-refractivity contribution < 1.29 is 0 Å². The number of aromatic nitrogens is 2. The summed E-state index contributed by atoms with van der Waals surface area (Å²) >= 11 is 10.7. The van der Waals surface area contributed by atoms with E-state index in [9.17, 15) is 0 Å². The van der Waals surface area contributed by atoms with Gasteiger partial charge in [-0.3, -0.25) is 4.68 Å². The standard InChI is InChI=1S/C10H15Br3N2/c1-3-15-9(4-8(5-11)6-12)10(13)7(2)14-15/h8H,3-6H2,1-2H3. The first-order chi connectivity index (χ1) is 7.13. The maximum absolute atomic E-state index is 4.49. The Morgan fingerprint density at radius 1 is 1.33 bits per heavy atom. The summed E-state index contributed by atoms with van der Waals surface area (Å²) in [5.74, 6) is 0.614. The van der Waals surface area contributed by atoms with Crippen LogP contribution in [0.4, 0.5) is 0 Å². The normalized spacial score (nSPS) is 11.3. The molecule has 5 heteroatoms. The van der Waals surface area contributed by atoms with Gasteiger partial charge in [0.15, 0.2) is 0 Å². The number of halogens is 3. The quantitative estimate of drug-likeness (QED) is 0.682. The van der Waals surface area contributed by atoms with Crippen molar-refractivity contribution in [3.63, 3.8) is 0 Å². The van der Waals surface area contributed by atoms with E-state index in [0.29, 0.717) is 5.92 Å². The average molecular weight is 403 g/mol. The molecule has 0 amide bonds. The van der Waals surface area contributed by atoms with Gasteiger partial charge in [-0.1, -0.05) is 31.9 Å². The highest BCUT2D eigenvalue weighted by molar-refractivity contribution is 9.10. The maximum Gasteiger partial charge on any atom is 0.0738 e. The van der Waals surface area contributed by atoms with E-state index < -0.39 is 0 Å². The molecule has 1 aromatic rings. The molecule has 2 nitrogen and oxygen atoms in total. The van der Waals surface area contributed by atoms with Gasteiger partial charge in [0.2, 0.25) is 0 Å². The van der Waals surface area contributed by atoms with Gasteiger partial charge < -0.3 is 0 Å². The lowest BCUT2D eigenvalue weighted by molar-refractivity contribution is 0.571. The zero-order valence-electron chi connectivity index (χ0n) is 8.93. The Balaban J connectivity index is 2.91. The highest BCUT2D eigenvalue weighted by Crippen LogP contribution is 2.24. The molecule has 1 heterocycles. The zero-order valence-corrected chi connectivity index (χ0v) is 13.7. The number of nitrogens with zero attached hydrogens (tertiary/aromatic N) is 2. The van der Waals surface area contributed by atoms with E-state index in [0.717, 1.165) is 33.8 Å². The Morgan fingerprint density at radius 3 is 2.40 bits per heavy atom. The number of rotatable bonds is 5. The molecule has 0 saturated carbocycles. The first-order valence-electron chi connectivity index (χ1n) is 4.97. The van der Waals surface area contributed by atoms with Crippen molar-refractivity contribution in [2.75, 3.05) is 10.7 Å². The monoisotopic (exact) mass is 400 g/mol. The van der Waals surface area contributed by atoms with Crippen molar-refractivity contribution in [1.82, 2.24) is 9.78 Å². The molecule has 1 aromatic heterocycles. The van der Waals surface area contributed by atoms with E-state index in [1.807, 2.05) is 6.92 Å². The van der Waals surface area contributed by atoms with Crippen molar-refractivity contribution in [1.29, 1.82) is 0 Å². The molecule has 0 fully saturated rings. The summed E-state index contributed by atoms with van der Waals surface area (Å²) in [6, 6.07) is 0. The fourth-order valence-corrected chi connectivity index (χ4v) is 3.46. The number of alkyl halides is 2. The lowest BCUT2D eigenvalue weighted by atomic mass is 10.1. The Bertz CT molecular complexity index is 319. The lowest BCUT2D eigenvalue weighted by Gasteiger charge is -2.12. The number of hydrogen-bond acceptors (Lipinski definition) is 1. The van der Waals surface area contributed by atoms with Crippen LogP contribution in [0.25, 0.3) is 0 Å². The van der Waals surface area contributed by atoms with E-state index in [1.54, 1.807) is 0 Å².